The molecule has 2 rings (SSSR count). The van der Waals surface area contributed by atoms with Gasteiger partial charge in [-0.15, -0.1) is 11.3 Å². The Morgan fingerprint density at radius 2 is 2.25 bits per heavy atom. The molecule has 2 aromatic rings. The SMILES string of the molecule is CCNC(=S)C(C)c1nc2ccccc2s1. The average Bonchev–Trinajstić information content (AvgIpc) is 2.71. The van der Waals surface area contributed by atoms with E-state index in [2.05, 4.69) is 30.2 Å². The molecule has 0 radical (unpaired) electrons. The summed E-state index contributed by atoms with van der Waals surface area (Å²) in [5.74, 6) is 0.201. The van der Waals surface area contributed by atoms with Crippen LogP contribution in [0.1, 0.15) is 24.8 Å². The number of hydrogen-bond acceptors (Lipinski definition) is 3. The van der Waals surface area contributed by atoms with Crippen molar-refractivity contribution in [2.45, 2.75) is 19.8 Å². The summed E-state index contributed by atoms with van der Waals surface area (Å²) in [6.45, 7) is 5.02. The molecule has 1 unspecified atom stereocenters. The third-order valence-corrected chi connectivity index (χ3v) is 4.14. The molecule has 1 aromatic carbocycles. The van der Waals surface area contributed by atoms with Gasteiger partial charge in [-0.2, -0.15) is 0 Å². The second-order valence-electron chi connectivity index (χ2n) is 3.64. The molecule has 1 aromatic heterocycles. The fourth-order valence-electron chi connectivity index (χ4n) is 1.51. The molecule has 0 aliphatic carbocycles. The number of para-hydroxylation sites is 1. The maximum absolute atomic E-state index is 5.32. The Kier molecular flexibility index (Phi) is 3.51. The van der Waals surface area contributed by atoms with Crippen molar-refractivity contribution in [2.24, 2.45) is 0 Å². The fraction of sp³-hybridized carbons (Fsp3) is 0.333. The van der Waals surface area contributed by atoms with Crippen molar-refractivity contribution in [2.75, 3.05) is 6.54 Å². The molecule has 0 saturated carbocycles. The number of fused-ring (bicyclic) bond motifs is 1. The van der Waals surface area contributed by atoms with E-state index >= 15 is 0 Å². The number of hydrogen-bond donors (Lipinski definition) is 1. The zero-order chi connectivity index (χ0) is 11.5. The minimum absolute atomic E-state index is 0.201. The lowest BCUT2D eigenvalue weighted by Gasteiger charge is -2.10. The maximum atomic E-state index is 5.32. The maximum Gasteiger partial charge on any atom is 0.103 e. The van der Waals surface area contributed by atoms with E-state index in [0.29, 0.717) is 0 Å². The normalized spacial score (nSPS) is 12.6. The molecule has 0 aliphatic rings. The highest BCUT2D eigenvalue weighted by molar-refractivity contribution is 7.80. The Hall–Kier alpha value is -1.00. The first-order chi connectivity index (χ1) is 7.72. The molecular formula is C12H14N2S2. The number of nitrogens with one attached hydrogen (secondary N) is 1. The van der Waals surface area contributed by atoms with Crippen LogP contribution in [-0.4, -0.2) is 16.5 Å². The van der Waals surface area contributed by atoms with Crippen LogP contribution in [0, 0.1) is 0 Å². The predicted octanol–water partition coefficient (Wildman–Crippen LogP) is 3.34. The van der Waals surface area contributed by atoms with Crippen LogP contribution in [0.4, 0.5) is 0 Å². The second kappa shape index (κ2) is 4.89. The van der Waals surface area contributed by atoms with Crippen LogP contribution in [0.15, 0.2) is 24.3 Å². The summed E-state index contributed by atoms with van der Waals surface area (Å²) in [6.07, 6.45) is 0. The van der Waals surface area contributed by atoms with Gasteiger partial charge in [0.25, 0.3) is 0 Å². The van der Waals surface area contributed by atoms with Gasteiger partial charge in [-0.3, -0.25) is 0 Å². The van der Waals surface area contributed by atoms with E-state index in [1.807, 2.05) is 18.2 Å². The van der Waals surface area contributed by atoms with Crippen molar-refractivity contribution in [1.82, 2.24) is 10.3 Å². The number of nitrogens with zero attached hydrogens (tertiary/aromatic N) is 1. The summed E-state index contributed by atoms with van der Waals surface area (Å²) >= 11 is 7.04. The first-order valence-electron chi connectivity index (χ1n) is 5.35. The molecule has 1 atom stereocenters. The van der Waals surface area contributed by atoms with Gasteiger partial charge in [0.2, 0.25) is 0 Å². The van der Waals surface area contributed by atoms with Gasteiger partial charge in [-0.25, -0.2) is 4.98 Å². The number of likely N-dealkylation sites (N-methyl/N-ethyl adjacent to an activating group) is 1. The lowest BCUT2D eigenvalue weighted by molar-refractivity contribution is 0.898. The molecule has 0 amide bonds. The summed E-state index contributed by atoms with van der Waals surface area (Å²) < 4.78 is 1.23. The Morgan fingerprint density at radius 3 is 2.94 bits per heavy atom. The molecule has 2 nitrogen and oxygen atoms in total. The highest BCUT2D eigenvalue weighted by atomic mass is 32.1. The summed E-state index contributed by atoms with van der Waals surface area (Å²) in [6, 6.07) is 8.19. The van der Waals surface area contributed by atoms with Crippen molar-refractivity contribution < 1.29 is 0 Å². The fourth-order valence-corrected chi connectivity index (χ4v) is 2.87. The highest BCUT2D eigenvalue weighted by Crippen LogP contribution is 2.27. The van der Waals surface area contributed by atoms with Crippen molar-refractivity contribution in [3.63, 3.8) is 0 Å². The first kappa shape index (κ1) is 11.5. The molecule has 0 bridgehead atoms. The molecular weight excluding hydrogens is 236 g/mol. The van der Waals surface area contributed by atoms with Crippen LogP contribution in [0.2, 0.25) is 0 Å². The van der Waals surface area contributed by atoms with Gasteiger partial charge in [0.15, 0.2) is 0 Å². The Bertz CT molecular complexity index is 471. The molecule has 16 heavy (non-hydrogen) atoms. The lowest BCUT2D eigenvalue weighted by atomic mass is 10.2. The van der Waals surface area contributed by atoms with E-state index in [0.717, 1.165) is 22.1 Å². The first-order valence-corrected chi connectivity index (χ1v) is 6.58. The van der Waals surface area contributed by atoms with E-state index < -0.39 is 0 Å². The molecule has 0 aliphatic heterocycles. The molecule has 1 heterocycles. The van der Waals surface area contributed by atoms with Gasteiger partial charge >= 0.3 is 0 Å². The quantitative estimate of drug-likeness (QED) is 0.846. The van der Waals surface area contributed by atoms with Crippen molar-refractivity contribution >= 4 is 38.8 Å². The monoisotopic (exact) mass is 250 g/mol. The van der Waals surface area contributed by atoms with E-state index in [9.17, 15) is 0 Å². The van der Waals surface area contributed by atoms with E-state index in [4.69, 9.17) is 12.2 Å². The molecule has 4 heteroatoms. The molecule has 0 fully saturated rings. The van der Waals surface area contributed by atoms with Crippen LogP contribution >= 0.6 is 23.6 Å². The molecule has 84 valence electrons. The largest absolute Gasteiger partial charge is 0.379 e. The smallest absolute Gasteiger partial charge is 0.103 e. The third-order valence-electron chi connectivity index (χ3n) is 2.43. The van der Waals surface area contributed by atoms with Crippen LogP contribution < -0.4 is 5.32 Å². The summed E-state index contributed by atoms with van der Waals surface area (Å²) in [7, 11) is 0. The number of rotatable bonds is 3. The van der Waals surface area contributed by atoms with Gasteiger partial charge in [-0.1, -0.05) is 24.4 Å². The lowest BCUT2D eigenvalue weighted by Crippen LogP contribution is -2.25. The predicted molar refractivity (Wildman–Crippen MR) is 74.3 cm³/mol. The molecule has 1 N–H and O–H groups in total. The van der Waals surface area contributed by atoms with Gasteiger partial charge < -0.3 is 5.32 Å². The van der Waals surface area contributed by atoms with Crippen molar-refractivity contribution in [3.05, 3.63) is 29.3 Å². The van der Waals surface area contributed by atoms with Crippen LogP contribution in [0.5, 0.6) is 0 Å². The van der Waals surface area contributed by atoms with Gasteiger partial charge in [0, 0.05) is 6.54 Å². The number of thiazole rings is 1. The van der Waals surface area contributed by atoms with Crippen LogP contribution in [-0.2, 0) is 0 Å². The van der Waals surface area contributed by atoms with Gasteiger partial charge in [0.05, 0.1) is 21.1 Å². The standard InChI is InChI=1S/C12H14N2S2/c1-3-13-11(15)8(2)12-14-9-6-4-5-7-10(9)16-12/h4-8H,3H2,1-2H3,(H,13,15). The Labute approximate surface area is 105 Å². The number of thiocarbonyl (C=S) groups is 1. The minimum atomic E-state index is 0.201. The second-order valence-corrected chi connectivity index (χ2v) is 5.14. The zero-order valence-electron chi connectivity index (χ0n) is 9.36. The summed E-state index contributed by atoms with van der Waals surface area (Å²) in [5.41, 5.74) is 1.06. The molecule has 0 saturated heterocycles. The number of aromatic nitrogens is 1. The topological polar surface area (TPSA) is 24.9 Å². The minimum Gasteiger partial charge on any atom is -0.379 e. The van der Waals surface area contributed by atoms with E-state index in [1.165, 1.54) is 4.70 Å². The Morgan fingerprint density at radius 1 is 1.50 bits per heavy atom. The highest BCUT2D eigenvalue weighted by Gasteiger charge is 2.15. The number of benzene rings is 1. The van der Waals surface area contributed by atoms with Crippen molar-refractivity contribution in [1.29, 1.82) is 0 Å². The Balaban J connectivity index is 2.29. The summed E-state index contributed by atoms with van der Waals surface area (Å²) in [4.78, 5) is 5.48. The van der Waals surface area contributed by atoms with Gasteiger partial charge in [0.1, 0.15) is 5.01 Å². The van der Waals surface area contributed by atoms with Crippen molar-refractivity contribution in [3.8, 4) is 0 Å². The average molecular weight is 250 g/mol. The zero-order valence-corrected chi connectivity index (χ0v) is 11.0. The third kappa shape index (κ3) is 2.23. The van der Waals surface area contributed by atoms with E-state index in [-0.39, 0.29) is 5.92 Å². The molecule has 0 spiro atoms. The van der Waals surface area contributed by atoms with Gasteiger partial charge in [-0.05, 0) is 26.0 Å². The summed E-state index contributed by atoms with van der Waals surface area (Å²) in [5, 5.41) is 4.28. The van der Waals surface area contributed by atoms with E-state index in [1.54, 1.807) is 11.3 Å². The van der Waals surface area contributed by atoms with Crippen LogP contribution in [0.3, 0.4) is 0 Å². The van der Waals surface area contributed by atoms with Crippen LogP contribution in [0.25, 0.3) is 10.2 Å².